The van der Waals surface area contributed by atoms with E-state index in [0.717, 1.165) is 11.8 Å². The summed E-state index contributed by atoms with van der Waals surface area (Å²) in [5, 5.41) is 18.4. The van der Waals surface area contributed by atoms with Crippen molar-refractivity contribution in [2.75, 3.05) is 7.05 Å². The van der Waals surface area contributed by atoms with Gasteiger partial charge in [-0.1, -0.05) is 11.8 Å². The Balaban J connectivity index is 2.79. The maximum Gasteiger partial charge on any atom is 0.417 e. The Morgan fingerprint density at radius 1 is 1.53 bits per heavy atom. The minimum absolute atomic E-state index is 0.00818. The van der Waals surface area contributed by atoms with E-state index in [1.807, 2.05) is 0 Å². The zero-order valence-corrected chi connectivity index (χ0v) is 10.7. The van der Waals surface area contributed by atoms with Crippen LogP contribution in [0.2, 0.25) is 0 Å². The second-order valence-corrected chi connectivity index (χ2v) is 5.12. The quantitative estimate of drug-likeness (QED) is 0.390. The number of aliphatic hydroxyl groups is 2. The van der Waals surface area contributed by atoms with E-state index >= 15 is 0 Å². The predicted molar refractivity (Wildman–Crippen MR) is 61.4 cm³/mol. The number of aliphatic hydroxyl groups excluding tert-OH is 2. The van der Waals surface area contributed by atoms with Crippen LogP contribution in [0.3, 0.4) is 0 Å². The molecule has 1 heterocycles. The number of ether oxygens (including phenoxy) is 1. The van der Waals surface area contributed by atoms with Gasteiger partial charge in [0.05, 0.1) is 0 Å². The van der Waals surface area contributed by atoms with Gasteiger partial charge < -0.3 is 20.7 Å². The number of alkyl halides is 4. The first-order valence-corrected chi connectivity index (χ1v) is 6.16. The van der Waals surface area contributed by atoms with Gasteiger partial charge in [0.15, 0.2) is 11.3 Å². The van der Waals surface area contributed by atoms with Crippen molar-refractivity contribution < 1.29 is 32.5 Å². The molecule has 0 spiro atoms. The van der Waals surface area contributed by atoms with E-state index in [-0.39, 0.29) is 11.6 Å². The van der Waals surface area contributed by atoms with Gasteiger partial charge in [0, 0.05) is 13.5 Å². The third kappa shape index (κ3) is 4.20. The molecule has 0 radical (unpaired) electrons. The first-order chi connectivity index (χ1) is 8.66. The Morgan fingerprint density at radius 2 is 2.11 bits per heavy atom. The van der Waals surface area contributed by atoms with Crippen LogP contribution in [0.4, 0.5) is 17.6 Å². The van der Waals surface area contributed by atoms with Crippen LogP contribution in [0.1, 0.15) is 6.42 Å². The van der Waals surface area contributed by atoms with E-state index in [1.165, 1.54) is 7.05 Å². The normalized spacial score (nSPS) is 35.2. The summed E-state index contributed by atoms with van der Waals surface area (Å²) in [7, 11) is 1.36. The van der Waals surface area contributed by atoms with Crippen LogP contribution >= 0.6 is 11.8 Å². The minimum atomic E-state index is -5.01. The smallest absolute Gasteiger partial charge is 0.387 e. The average molecular weight is 306 g/mol. The molecule has 0 amide bonds. The summed E-state index contributed by atoms with van der Waals surface area (Å²) >= 11 is 0.734. The fourth-order valence-corrected chi connectivity index (χ4v) is 2.39. The zero-order chi connectivity index (χ0) is 14.8. The van der Waals surface area contributed by atoms with Crippen molar-refractivity contribution in [2.45, 2.75) is 42.5 Å². The molecule has 5 nitrogen and oxygen atoms in total. The maximum absolute atomic E-state index is 13.5. The molecule has 0 bridgehead atoms. The van der Waals surface area contributed by atoms with Gasteiger partial charge in [-0.3, -0.25) is 4.99 Å². The minimum Gasteiger partial charge on any atom is -0.387 e. The van der Waals surface area contributed by atoms with Crippen LogP contribution in [0.5, 0.6) is 0 Å². The highest BCUT2D eigenvalue weighted by molar-refractivity contribution is 8.14. The first-order valence-electron chi connectivity index (χ1n) is 5.28. The average Bonchev–Trinajstić information content (AvgIpc) is 2.31. The van der Waals surface area contributed by atoms with Gasteiger partial charge in [0.2, 0.25) is 0 Å². The molecule has 19 heavy (non-hydrogen) atoms. The topological polar surface area (TPSA) is 88.1 Å². The number of nitrogens with two attached hydrogens (primary N) is 1. The number of aliphatic imine (C=N–C) groups is 1. The molecule has 0 unspecified atom stereocenters. The van der Waals surface area contributed by atoms with E-state index in [2.05, 4.69) is 4.99 Å². The number of nitrogens with zero attached hydrogens (tertiary/aromatic N) is 1. The number of halogens is 4. The number of amidine groups is 1. The summed E-state index contributed by atoms with van der Waals surface area (Å²) in [6.07, 6.45) is -14.4. The van der Waals surface area contributed by atoms with Crippen molar-refractivity contribution in [1.29, 1.82) is 0 Å². The van der Waals surface area contributed by atoms with Crippen molar-refractivity contribution in [2.24, 2.45) is 10.7 Å². The van der Waals surface area contributed by atoms with E-state index in [0.29, 0.717) is 0 Å². The third-order valence-electron chi connectivity index (χ3n) is 2.55. The molecular formula is C9H14F4N2O3S. The van der Waals surface area contributed by atoms with E-state index in [4.69, 9.17) is 15.6 Å². The standard InChI is InChI=1S/C9H14F4N2O3S/c1-15-8(14)19-4-2-3(10)5(16)6(18-4)7(17)9(11,12)13/h3-7,16-17H,2H2,1H3,(H2,14,15)/t3-,4-,5-,6+,7+/m1/s1. The van der Waals surface area contributed by atoms with Gasteiger partial charge in [-0.2, -0.15) is 13.2 Å². The third-order valence-corrected chi connectivity index (χ3v) is 3.54. The van der Waals surface area contributed by atoms with Gasteiger partial charge in [-0.25, -0.2) is 4.39 Å². The lowest BCUT2D eigenvalue weighted by Gasteiger charge is -2.38. The number of hydrogen-bond donors (Lipinski definition) is 3. The van der Waals surface area contributed by atoms with Crippen LogP contribution in [0, 0.1) is 0 Å². The molecule has 112 valence electrons. The number of thioether (sulfide) groups is 1. The van der Waals surface area contributed by atoms with Crippen molar-refractivity contribution >= 4 is 16.9 Å². The molecular weight excluding hydrogens is 292 g/mol. The Hall–Kier alpha value is -0.580. The van der Waals surface area contributed by atoms with Crippen molar-refractivity contribution in [3.63, 3.8) is 0 Å². The predicted octanol–water partition coefficient (Wildman–Crippen LogP) is 0.401. The summed E-state index contributed by atoms with van der Waals surface area (Å²) in [4.78, 5) is 3.55. The van der Waals surface area contributed by atoms with Gasteiger partial charge in [0.25, 0.3) is 0 Å². The Bertz CT molecular complexity index is 342. The van der Waals surface area contributed by atoms with Crippen molar-refractivity contribution in [3.05, 3.63) is 0 Å². The number of rotatable bonds is 2. The van der Waals surface area contributed by atoms with Crippen LogP contribution in [-0.2, 0) is 4.74 Å². The number of hydrogen-bond acceptors (Lipinski definition) is 5. The molecule has 1 aliphatic rings. The van der Waals surface area contributed by atoms with Gasteiger partial charge >= 0.3 is 6.18 Å². The first kappa shape index (κ1) is 16.5. The van der Waals surface area contributed by atoms with Gasteiger partial charge in [-0.15, -0.1) is 0 Å². The molecule has 1 aliphatic heterocycles. The highest BCUT2D eigenvalue weighted by Crippen LogP contribution is 2.35. The maximum atomic E-state index is 13.5. The summed E-state index contributed by atoms with van der Waals surface area (Å²) in [6.45, 7) is 0. The molecule has 1 fully saturated rings. The summed E-state index contributed by atoms with van der Waals surface area (Å²) in [6, 6.07) is 0. The van der Waals surface area contributed by atoms with Crippen LogP contribution < -0.4 is 5.73 Å². The summed E-state index contributed by atoms with van der Waals surface area (Å²) in [5.41, 5.74) is 4.30. The molecule has 10 heteroatoms. The molecule has 0 aromatic rings. The molecule has 0 aliphatic carbocycles. The SMILES string of the molecule is CN=C(N)S[C@@H]1C[C@@H](F)[C@@H](O)[C@@H]([C@H](O)C(F)(F)F)O1. The summed E-state index contributed by atoms with van der Waals surface area (Å²) in [5.74, 6) is 0. The molecule has 0 aromatic heterocycles. The lowest BCUT2D eigenvalue weighted by Crippen LogP contribution is -2.55. The van der Waals surface area contributed by atoms with Gasteiger partial charge in [-0.05, 0) is 0 Å². The fourth-order valence-electron chi connectivity index (χ4n) is 1.55. The van der Waals surface area contributed by atoms with Gasteiger partial charge in [0.1, 0.15) is 23.8 Å². The van der Waals surface area contributed by atoms with E-state index < -0.39 is 36.1 Å². The Morgan fingerprint density at radius 3 is 2.58 bits per heavy atom. The van der Waals surface area contributed by atoms with E-state index in [1.54, 1.807) is 0 Å². The molecule has 0 saturated carbocycles. The molecule has 1 saturated heterocycles. The Labute approximate surface area is 110 Å². The lowest BCUT2D eigenvalue weighted by atomic mass is 9.99. The van der Waals surface area contributed by atoms with E-state index in [9.17, 15) is 22.7 Å². The summed E-state index contributed by atoms with van der Waals surface area (Å²) < 4.78 is 55.5. The zero-order valence-electron chi connectivity index (χ0n) is 9.84. The Kier molecular flexibility index (Phi) is 5.42. The van der Waals surface area contributed by atoms with Crippen LogP contribution in [-0.4, -0.2) is 58.5 Å². The molecule has 5 atom stereocenters. The monoisotopic (exact) mass is 306 g/mol. The molecule has 4 N–H and O–H groups in total. The highest BCUT2D eigenvalue weighted by Gasteiger charge is 2.52. The van der Waals surface area contributed by atoms with Crippen molar-refractivity contribution in [1.82, 2.24) is 0 Å². The largest absolute Gasteiger partial charge is 0.417 e. The van der Waals surface area contributed by atoms with Crippen LogP contribution in [0.25, 0.3) is 0 Å². The second-order valence-electron chi connectivity index (χ2n) is 3.94. The molecule has 0 aromatic carbocycles. The highest BCUT2D eigenvalue weighted by atomic mass is 32.2. The van der Waals surface area contributed by atoms with Crippen LogP contribution in [0.15, 0.2) is 4.99 Å². The second kappa shape index (κ2) is 6.25. The lowest BCUT2D eigenvalue weighted by molar-refractivity contribution is -0.265. The van der Waals surface area contributed by atoms with Crippen molar-refractivity contribution in [3.8, 4) is 0 Å². The fraction of sp³-hybridized carbons (Fsp3) is 0.889. The molecule has 1 rings (SSSR count).